The number of anilines is 1. The number of imidazole rings is 1. The van der Waals surface area contributed by atoms with Gasteiger partial charge in [0, 0.05) is 12.1 Å². The van der Waals surface area contributed by atoms with Gasteiger partial charge in [-0.05, 0) is 36.4 Å². The number of ether oxygens (including phenoxy) is 1. The van der Waals surface area contributed by atoms with Crippen LogP contribution in [-0.4, -0.2) is 25.4 Å². The third-order valence-electron chi connectivity index (χ3n) is 4.41. The number of halogens is 6. The first-order valence-electron chi connectivity index (χ1n) is 8.76. The smallest absolute Gasteiger partial charge is 0.406 e. The maximum Gasteiger partial charge on any atom is 0.437 e. The predicted molar refractivity (Wildman–Crippen MR) is 114 cm³/mol. The van der Waals surface area contributed by atoms with Crippen molar-refractivity contribution in [3.05, 3.63) is 63.4 Å². The van der Waals surface area contributed by atoms with E-state index in [4.69, 9.17) is 39.5 Å². The Morgan fingerprint density at radius 3 is 2.41 bits per heavy atom. The van der Waals surface area contributed by atoms with Gasteiger partial charge in [0.15, 0.2) is 11.4 Å². The molecule has 0 fully saturated rings. The van der Waals surface area contributed by atoms with Crippen molar-refractivity contribution in [3.8, 4) is 11.4 Å². The summed E-state index contributed by atoms with van der Waals surface area (Å²) in [6.07, 6.45) is -5.26. The Morgan fingerprint density at radius 2 is 1.75 bits per heavy atom. The first kappa shape index (κ1) is 22.3. The summed E-state index contributed by atoms with van der Waals surface area (Å²) in [5, 5.41) is 6.90. The van der Waals surface area contributed by atoms with Crippen LogP contribution < -0.4 is 10.1 Å². The number of hydrogen-bond acceptors (Lipinski definition) is 4. The summed E-state index contributed by atoms with van der Waals surface area (Å²) < 4.78 is 48.2. The monoisotopic (exact) mass is 503 g/mol. The summed E-state index contributed by atoms with van der Waals surface area (Å²) in [4.78, 5) is 16.5. The van der Waals surface area contributed by atoms with Crippen LogP contribution in [0.25, 0.3) is 16.7 Å². The number of carbonyl (C=O) groups is 1. The van der Waals surface area contributed by atoms with E-state index in [2.05, 4.69) is 15.4 Å². The molecule has 0 atom stereocenters. The van der Waals surface area contributed by atoms with Crippen LogP contribution >= 0.6 is 34.8 Å². The van der Waals surface area contributed by atoms with Gasteiger partial charge in [-0.3, -0.25) is 5.32 Å². The number of nitrogens with zero attached hydrogens (tertiary/aromatic N) is 4. The van der Waals surface area contributed by atoms with Crippen LogP contribution in [0.1, 0.15) is 5.69 Å². The van der Waals surface area contributed by atoms with E-state index in [1.807, 2.05) is 0 Å². The number of amides is 1. The fourth-order valence-corrected chi connectivity index (χ4v) is 3.40. The van der Waals surface area contributed by atoms with E-state index in [0.29, 0.717) is 20.7 Å². The summed E-state index contributed by atoms with van der Waals surface area (Å²) in [5.74, 6) is -0.767. The van der Waals surface area contributed by atoms with Crippen molar-refractivity contribution in [1.82, 2.24) is 19.3 Å². The topological polar surface area (TPSA) is 74.0 Å². The molecular weight excluding hydrogens is 494 g/mol. The lowest BCUT2D eigenvalue weighted by atomic mass is 10.3. The van der Waals surface area contributed by atoms with E-state index in [0.717, 1.165) is 6.20 Å². The lowest BCUT2D eigenvalue weighted by molar-refractivity contribution is -0.143. The Labute approximate surface area is 193 Å². The third-order valence-corrected chi connectivity index (χ3v) is 5.39. The fourth-order valence-electron chi connectivity index (χ4n) is 2.96. The number of rotatable bonds is 3. The molecular formula is C19H11Cl3F3N5O2. The standard InChI is InChI=1S/C19H11Cl3F3N5O2/c1-29-14-7-12(22)11(21)6-13(14)27-17(29)28-18(31)32-15-8-26-30(16(15)19(23,24)25)10-4-2-9(20)3-5-10/h2-8H,1H3,(H,27,28,31). The summed E-state index contributed by atoms with van der Waals surface area (Å²) in [6, 6.07) is 8.56. The Balaban J connectivity index is 1.63. The largest absolute Gasteiger partial charge is 0.437 e. The minimum Gasteiger partial charge on any atom is -0.406 e. The highest BCUT2D eigenvalue weighted by atomic mass is 35.5. The van der Waals surface area contributed by atoms with Gasteiger partial charge in [-0.15, -0.1) is 0 Å². The summed E-state index contributed by atoms with van der Waals surface area (Å²) in [7, 11) is 1.58. The van der Waals surface area contributed by atoms with Crippen LogP contribution in [0.2, 0.25) is 15.1 Å². The summed E-state index contributed by atoms with van der Waals surface area (Å²) in [5.41, 5.74) is -0.218. The van der Waals surface area contributed by atoms with Crippen LogP contribution in [-0.2, 0) is 13.2 Å². The number of aryl methyl sites for hydroxylation is 1. The maximum absolute atomic E-state index is 13.7. The van der Waals surface area contributed by atoms with Gasteiger partial charge in [0.25, 0.3) is 0 Å². The number of aromatic nitrogens is 4. The zero-order valence-corrected chi connectivity index (χ0v) is 18.2. The molecule has 13 heteroatoms. The lowest BCUT2D eigenvalue weighted by Crippen LogP contribution is -2.21. The van der Waals surface area contributed by atoms with Crippen LogP contribution in [0.15, 0.2) is 42.6 Å². The van der Waals surface area contributed by atoms with Crippen molar-refractivity contribution in [2.75, 3.05) is 5.32 Å². The lowest BCUT2D eigenvalue weighted by Gasteiger charge is -2.13. The molecule has 7 nitrogen and oxygen atoms in total. The number of carbonyl (C=O) groups excluding carboxylic acids is 1. The van der Waals surface area contributed by atoms with E-state index >= 15 is 0 Å². The van der Waals surface area contributed by atoms with Gasteiger partial charge in [-0.1, -0.05) is 34.8 Å². The normalized spacial score (nSPS) is 11.7. The molecule has 0 unspecified atom stereocenters. The molecule has 4 aromatic rings. The van der Waals surface area contributed by atoms with E-state index in [1.54, 1.807) is 13.1 Å². The highest BCUT2D eigenvalue weighted by molar-refractivity contribution is 6.42. The molecule has 32 heavy (non-hydrogen) atoms. The molecule has 0 bridgehead atoms. The summed E-state index contributed by atoms with van der Waals surface area (Å²) >= 11 is 17.8. The zero-order chi connectivity index (χ0) is 23.2. The van der Waals surface area contributed by atoms with Crippen molar-refractivity contribution in [2.45, 2.75) is 6.18 Å². The molecule has 0 aliphatic carbocycles. The van der Waals surface area contributed by atoms with Crippen molar-refractivity contribution >= 4 is 57.9 Å². The predicted octanol–water partition coefficient (Wildman–Crippen LogP) is 6.35. The van der Waals surface area contributed by atoms with E-state index in [9.17, 15) is 18.0 Å². The van der Waals surface area contributed by atoms with Crippen molar-refractivity contribution in [1.29, 1.82) is 0 Å². The quantitative estimate of drug-likeness (QED) is 0.353. The van der Waals surface area contributed by atoms with Gasteiger partial charge < -0.3 is 9.30 Å². The van der Waals surface area contributed by atoms with Crippen LogP contribution in [0.4, 0.5) is 23.9 Å². The van der Waals surface area contributed by atoms with Crippen LogP contribution in [0, 0.1) is 0 Å². The maximum atomic E-state index is 13.7. The first-order chi connectivity index (χ1) is 15.0. The molecule has 0 aliphatic rings. The second kappa shape index (κ2) is 8.19. The molecule has 0 radical (unpaired) electrons. The number of benzene rings is 2. The Bertz CT molecular complexity index is 1330. The number of nitrogens with one attached hydrogen (secondary N) is 1. The molecule has 4 rings (SSSR count). The average Bonchev–Trinajstić information content (AvgIpc) is 3.25. The second-order valence-electron chi connectivity index (χ2n) is 6.51. The average molecular weight is 505 g/mol. The highest BCUT2D eigenvalue weighted by Crippen LogP contribution is 2.38. The molecule has 1 N–H and O–H groups in total. The minimum absolute atomic E-state index is 0.0157. The van der Waals surface area contributed by atoms with Gasteiger partial charge in [-0.2, -0.15) is 18.3 Å². The van der Waals surface area contributed by atoms with Gasteiger partial charge >= 0.3 is 12.3 Å². The highest BCUT2D eigenvalue weighted by Gasteiger charge is 2.40. The fraction of sp³-hybridized carbons (Fsp3) is 0.105. The van der Waals surface area contributed by atoms with E-state index < -0.39 is 23.7 Å². The van der Waals surface area contributed by atoms with Crippen molar-refractivity contribution < 1.29 is 22.7 Å². The summed E-state index contributed by atoms with van der Waals surface area (Å²) in [6.45, 7) is 0. The van der Waals surface area contributed by atoms with Crippen LogP contribution in [0.3, 0.4) is 0 Å². The Hall–Kier alpha value is -2.95. The number of alkyl halides is 3. The number of fused-ring (bicyclic) bond motifs is 1. The molecule has 2 aromatic heterocycles. The molecule has 1 amide bonds. The van der Waals surface area contributed by atoms with Gasteiger partial charge in [0.05, 0.1) is 33.0 Å². The van der Waals surface area contributed by atoms with Crippen molar-refractivity contribution in [2.24, 2.45) is 7.05 Å². The van der Waals surface area contributed by atoms with E-state index in [-0.39, 0.29) is 21.7 Å². The molecule has 0 aliphatic heterocycles. The number of hydrogen-bond donors (Lipinski definition) is 1. The molecule has 166 valence electrons. The van der Waals surface area contributed by atoms with Gasteiger partial charge in [-0.25, -0.2) is 14.5 Å². The SMILES string of the molecule is Cn1c(NC(=O)Oc2cnn(-c3ccc(Cl)cc3)c2C(F)(F)F)nc2cc(Cl)c(Cl)cc21. The van der Waals surface area contributed by atoms with E-state index in [1.165, 1.54) is 34.9 Å². The third kappa shape index (κ3) is 4.21. The Kier molecular flexibility index (Phi) is 5.70. The molecule has 0 saturated carbocycles. The molecule has 0 saturated heterocycles. The molecule has 0 spiro atoms. The first-order valence-corrected chi connectivity index (χ1v) is 9.89. The Morgan fingerprint density at radius 1 is 1.09 bits per heavy atom. The second-order valence-corrected chi connectivity index (χ2v) is 7.76. The molecule has 2 heterocycles. The minimum atomic E-state index is -4.86. The van der Waals surface area contributed by atoms with Crippen molar-refractivity contribution in [3.63, 3.8) is 0 Å². The van der Waals surface area contributed by atoms with Gasteiger partial charge in [0.1, 0.15) is 0 Å². The zero-order valence-electron chi connectivity index (χ0n) is 15.9. The molecule has 2 aromatic carbocycles. The van der Waals surface area contributed by atoms with Crippen LogP contribution in [0.5, 0.6) is 5.75 Å². The van der Waals surface area contributed by atoms with Gasteiger partial charge in [0.2, 0.25) is 5.95 Å².